The first-order valence-electron chi connectivity index (χ1n) is 4.26. The number of fused-ring (bicyclic) bond motifs is 1. The number of phenols is 1. The molecule has 0 aliphatic rings. The number of aromatic hydroxyl groups is 1. The molecule has 0 radical (unpaired) electrons. The van der Waals surface area contributed by atoms with Gasteiger partial charge in [0.1, 0.15) is 0 Å². The van der Waals surface area contributed by atoms with Crippen LogP contribution in [0.25, 0.3) is 10.8 Å². The summed E-state index contributed by atoms with van der Waals surface area (Å²) in [6, 6.07) is 10.5. The van der Waals surface area contributed by atoms with Gasteiger partial charge >= 0.3 is 5.43 Å². The van der Waals surface area contributed by atoms with Gasteiger partial charge in [-0.1, -0.05) is 24.3 Å². The second-order valence-corrected chi connectivity index (χ2v) is 3.32. The molecule has 0 heterocycles. The minimum Gasteiger partial charge on any atom is -0.504 e. The maximum Gasteiger partial charge on any atom is 0.409 e. The van der Waals surface area contributed by atoms with Crippen molar-refractivity contribution in [3.63, 3.8) is 0 Å². The van der Waals surface area contributed by atoms with Crippen LogP contribution in [0.1, 0.15) is 0 Å². The highest BCUT2D eigenvalue weighted by atomic mass is 35.5. The normalized spacial score (nSPS) is 10.2. The van der Waals surface area contributed by atoms with Gasteiger partial charge in [0, 0.05) is 11.6 Å². The van der Waals surface area contributed by atoms with E-state index in [0.717, 1.165) is 10.8 Å². The second kappa shape index (κ2) is 3.79. The van der Waals surface area contributed by atoms with Gasteiger partial charge in [-0.05, 0) is 22.9 Å². The fraction of sp³-hybridized carbons (Fsp3) is 0. The summed E-state index contributed by atoms with van der Waals surface area (Å²) < 4.78 is 4.63. The van der Waals surface area contributed by atoms with Gasteiger partial charge in [0.25, 0.3) is 0 Å². The number of ether oxygens (including phenoxy) is 1. The molecule has 0 aromatic heterocycles. The van der Waals surface area contributed by atoms with Crippen LogP contribution in [0.15, 0.2) is 36.4 Å². The zero-order chi connectivity index (χ0) is 10.8. The molecular weight excluding hydrogens is 216 g/mol. The Labute approximate surface area is 90.9 Å². The molecule has 15 heavy (non-hydrogen) atoms. The van der Waals surface area contributed by atoms with Gasteiger partial charge in [0.05, 0.1) is 0 Å². The van der Waals surface area contributed by atoms with Crippen molar-refractivity contribution in [2.75, 3.05) is 0 Å². The van der Waals surface area contributed by atoms with E-state index in [-0.39, 0.29) is 11.5 Å². The lowest BCUT2D eigenvalue weighted by Gasteiger charge is -2.05. The molecule has 0 spiro atoms. The molecule has 0 saturated carbocycles. The first-order chi connectivity index (χ1) is 7.16. The van der Waals surface area contributed by atoms with Gasteiger partial charge in [-0.25, -0.2) is 4.79 Å². The third-order valence-corrected chi connectivity index (χ3v) is 2.09. The molecule has 1 N–H and O–H groups in total. The highest BCUT2D eigenvalue weighted by Crippen LogP contribution is 2.31. The number of phenolic OH excluding ortho intramolecular Hbond substituents is 1. The molecule has 0 aliphatic carbocycles. The summed E-state index contributed by atoms with van der Waals surface area (Å²) in [5.74, 6) is -0.0450. The van der Waals surface area contributed by atoms with E-state index in [1.54, 1.807) is 6.07 Å². The van der Waals surface area contributed by atoms with Crippen LogP contribution >= 0.6 is 11.6 Å². The number of benzene rings is 2. The van der Waals surface area contributed by atoms with Crippen LogP contribution in [0.4, 0.5) is 4.79 Å². The molecule has 0 bridgehead atoms. The predicted octanol–water partition coefficient (Wildman–Crippen LogP) is 3.28. The third-order valence-electron chi connectivity index (χ3n) is 2.02. The van der Waals surface area contributed by atoms with Crippen LogP contribution in [0, 0.1) is 0 Å². The Hall–Kier alpha value is -1.74. The second-order valence-electron chi connectivity index (χ2n) is 3.01. The smallest absolute Gasteiger partial charge is 0.409 e. The average Bonchev–Trinajstić information content (AvgIpc) is 2.18. The minimum absolute atomic E-state index is 0.0636. The van der Waals surface area contributed by atoms with Crippen molar-refractivity contribution >= 4 is 27.8 Å². The topological polar surface area (TPSA) is 46.5 Å². The average molecular weight is 223 g/mol. The van der Waals surface area contributed by atoms with Crippen LogP contribution < -0.4 is 4.74 Å². The maximum absolute atomic E-state index is 10.5. The Bertz CT molecular complexity index is 522. The van der Waals surface area contributed by atoms with Crippen molar-refractivity contribution in [3.05, 3.63) is 36.4 Å². The molecule has 0 atom stereocenters. The van der Waals surface area contributed by atoms with Crippen LogP contribution in [0.2, 0.25) is 0 Å². The Morgan fingerprint density at radius 3 is 2.40 bits per heavy atom. The SMILES string of the molecule is O=C(Cl)Oc1cc2ccccc2cc1O. The maximum atomic E-state index is 10.5. The van der Waals surface area contributed by atoms with E-state index in [9.17, 15) is 9.90 Å². The summed E-state index contributed by atoms with van der Waals surface area (Å²) in [5, 5.41) is 11.3. The van der Waals surface area contributed by atoms with Crippen LogP contribution in [-0.2, 0) is 0 Å². The molecule has 4 heteroatoms. The molecule has 2 rings (SSSR count). The Morgan fingerprint density at radius 1 is 1.20 bits per heavy atom. The van der Waals surface area contributed by atoms with Gasteiger partial charge in [-0.15, -0.1) is 0 Å². The molecule has 3 nitrogen and oxygen atoms in total. The summed E-state index contributed by atoms with van der Waals surface area (Å²) in [6.45, 7) is 0. The molecule has 2 aromatic carbocycles. The van der Waals surface area contributed by atoms with E-state index < -0.39 is 5.43 Å². The van der Waals surface area contributed by atoms with Gasteiger partial charge < -0.3 is 9.84 Å². The van der Waals surface area contributed by atoms with Crippen molar-refractivity contribution in [3.8, 4) is 11.5 Å². The van der Waals surface area contributed by atoms with Crippen molar-refractivity contribution in [1.82, 2.24) is 0 Å². The molecule has 0 aliphatic heterocycles. The Kier molecular flexibility index (Phi) is 2.47. The van der Waals surface area contributed by atoms with Gasteiger partial charge in [-0.2, -0.15) is 0 Å². The van der Waals surface area contributed by atoms with Gasteiger partial charge in [0.2, 0.25) is 0 Å². The highest BCUT2D eigenvalue weighted by molar-refractivity contribution is 6.61. The van der Waals surface area contributed by atoms with E-state index in [4.69, 9.17) is 11.6 Å². The van der Waals surface area contributed by atoms with E-state index in [2.05, 4.69) is 4.74 Å². The van der Waals surface area contributed by atoms with Crippen LogP contribution in [0.3, 0.4) is 0 Å². The summed E-state index contributed by atoms with van der Waals surface area (Å²) in [5.41, 5.74) is -0.972. The monoisotopic (exact) mass is 222 g/mol. The van der Waals surface area contributed by atoms with Crippen LogP contribution in [0.5, 0.6) is 11.5 Å². The number of hydrogen-bond acceptors (Lipinski definition) is 3. The minimum atomic E-state index is -0.972. The largest absolute Gasteiger partial charge is 0.504 e. The van der Waals surface area contributed by atoms with Crippen molar-refractivity contribution in [1.29, 1.82) is 0 Å². The number of rotatable bonds is 1. The zero-order valence-electron chi connectivity index (χ0n) is 7.61. The fourth-order valence-corrected chi connectivity index (χ4v) is 1.46. The summed E-state index contributed by atoms with van der Waals surface area (Å²) in [6.07, 6.45) is 0. The van der Waals surface area contributed by atoms with Gasteiger partial charge in [-0.3, -0.25) is 0 Å². The Balaban J connectivity index is 2.56. The quantitative estimate of drug-likeness (QED) is 0.754. The predicted molar refractivity (Wildman–Crippen MR) is 57.5 cm³/mol. The molecule has 0 fully saturated rings. The number of hydrogen-bond donors (Lipinski definition) is 1. The first kappa shape index (κ1) is 9.80. The van der Waals surface area contributed by atoms with Crippen molar-refractivity contribution < 1.29 is 14.6 Å². The van der Waals surface area contributed by atoms with E-state index in [1.807, 2.05) is 24.3 Å². The standard InChI is InChI=1S/C11H7ClO3/c12-11(14)15-10-6-8-4-2-1-3-7(8)5-9(10)13/h1-6,13H. The summed E-state index contributed by atoms with van der Waals surface area (Å²) >= 11 is 5.06. The Morgan fingerprint density at radius 2 is 1.80 bits per heavy atom. The summed E-state index contributed by atoms with van der Waals surface area (Å²) in [7, 11) is 0. The molecule has 0 unspecified atom stereocenters. The number of halogens is 1. The fourth-order valence-electron chi connectivity index (χ4n) is 1.38. The van der Waals surface area contributed by atoms with Crippen LogP contribution in [-0.4, -0.2) is 10.5 Å². The molecule has 76 valence electrons. The lowest BCUT2D eigenvalue weighted by Crippen LogP contribution is -1.96. The molecule has 0 saturated heterocycles. The van der Waals surface area contributed by atoms with E-state index >= 15 is 0 Å². The summed E-state index contributed by atoms with van der Waals surface area (Å²) in [4.78, 5) is 10.5. The zero-order valence-corrected chi connectivity index (χ0v) is 8.36. The molecule has 2 aromatic rings. The van der Waals surface area contributed by atoms with Crippen molar-refractivity contribution in [2.24, 2.45) is 0 Å². The van der Waals surface area contributed by atoms with Crippen molar-refractivity contribution in [2.45, 2.75) is 0 Å². The number of carbonyl (C=O) groups is 1. The highest BCUT2D eigenvalue weighted by Gasteiger charge is 2.07. The molecule has 0 amide bonds. The van der Waals surface area contributed by atoms with E-state index in [0.29, 0.717) is 0 Å². The third kappa shape index (κ3) is 2.02. The lowest BCUT2D eigenvalue weighted by atomic mass is 10.1. The molecular formula is C11H7ClO3. The van der Waals surface area contributed by atoms with E-state index in [1.165, 1.54) is 6.07 Å². The lowest BCUT2D eigenvalue weighted by molar-refractivity contribution is 0.224. The first-order valence-corrected chi connectivity index (χ1v) is 4.63. The number of carbonyl (C=O) groups excluding carboxylic acids is 1. The van der Waals surface area contributed by atoms with Gasteiger partial charge in [0.15, 0.2) is 11.5 Å².